The molecular weight excluding hydrogens is 428 g/mol. The Balaban J connectivity index is 1.95. The standard InChI is InChI=1S/C16H15BrN2O6S/c1-24-16(21)10-2-7-14(13(17)8-10)25-9-15(20)19-11-3-5-12(6-4-11)26(18,22)23/h2-8H,9H2,1H3,(H,19,20)(H2,18,22,23). The van der Waals surface area contributed by atoms with Crippen molar-refractivity contribution in [3.05, 3.63) is 52.5 Å². The summed E-state index contributed by atoms with van der Waals surface area (Å²) in [5.74, 6) is -0.562. The van der Waals surface area contributed by atoms with Crippen LogP contribution in [0.15, 0.2) is 51.8 Å². The normalized spacial score (nSPS) is 10.9. The lowest BCUT2D eigenvalue weighted by atomic mass is 10.2. The minimum absolute atomic E-state index is 0.0543. The molecule has 2 rings (SSSR count). The number of benzene rings is 2. The largest absolute Gasteiger partial charge is 0.483 e. The van der Waals surface area contributed by atoms with Crippen molar-refractivity contribution >= 4 is 43.5 Å². The van der Waals surface area contributed by atoms with Crippen molar-refractivity contribution in [2.24, 2.45) is 5.14 Å². The molecule has 0 heterocycles. The molecule has 3 N–H and O–H groups in total. The Morgan fingerprint density at radius 1 is 1.15 bits per heavy atom. The van der Waals surface area contributed by atoms with Crippen molar-refractivity contribution in [1.82, 2.24) is 0 Å². The number of primary sulfonamides is 1. The van der Waals surface area contributed by atoms with Gasteiger partial charge in [0.05, 0.1) is 22.0 Å². The van der Waals surface area contributed by atoms with Crippen LogP contribution in [0.2, 0.25) is 0 Å². The highest BCUT2D eigenvalue weighted by Crippen LogP contribution is 2.26. The molecule has 10 heteroatoms. The van der Waals surface area contributed by atoms with Gasteiger partial charge in [-0.15, -0.1) is 0 Å². The molecule has 1 amide bonds. The Labute approximate surface area is 158 Å². The second kappa shape index (κ2) is 8.30. The number of hydrogen-bond donors (Lipinski definition) is 2. The van der Waals surface area contributed by atoms with E-state index in [9.17, 15) is 18.0 Å². The number of hydrogen-bond acceptors (Lipinski definition) is 6. The Bertz CT molecular complexity index is 928. The third kappa shape index (κ3) is 5.28. The van der Waals surface area contributed by atoms with Crippen LogP contribution in [0, 0.1) is 0 Å². The molecule has 0 saturated carbocycles. The van der Waals surface area contributed by atoms with Crippen LogP contribution in [0.5, 0.6) is 5.75 Å². The number of nitrogens with one attached hydrogen (secondary N) is 1. The van der Waals surface area contributed by atoms with Crippen LogP contribution in [0.4, 0.5) is 5.69 Å². The molecular formula is C16H15BrN2O6S. The molecule has 0 aliphatic carbocycles. The molecule has 0 fully saturated rings. The zero-order valence-electron chi connectivity index (χ0n) is 13.6. The molecule has 0 aromatic heterocycles. The van der Waals surface area contributed by atoms with Crippen molar-refractivity contribution in [2.75, 3.05) is 19.0 Å². The summed E-state index contributed by atoms with van der Waals surface area (Å²) in [4.78, 5) is 23.3. The summed E-state index contributed by atoms with van der Waals surface area (Å²) >= 11 is 3.25. The van der Waals surface area contributed by atoms with E-state index in [1.54, 1.807) is 0 Å². The van der Waals surface area contributed by atoms with Gasteiger partial charge in [-0.25, -0.2) is 18.4 Å². The van der Waals surface area contributed by atoms with E-state index in [1.165, 1.54) is 49.6 Å². The third-order valence-corrected chi connectivity index (χ3v) is 4.73. The van der Waals surface area contributed by atoms with Gasteiger partial charge in [0.1, 0.15) is 5.75 Å². The highest BCUT2D eigenvalue weighted by molar-refractivity contribution is 9.10. The van der Waals surface area contributed by atoms with Crippen LogP contribution in [-0.2, 0) is 19.6 Å². The zero-order chi connectivity index (χ0) is 19.3. The van der Waals surface area contributed by atoms with Gasteiger partial charge >= 0.3 is 5.97 Å². The molecule has 26 heavy (non-hydrogen) atoms. The van der Waals surface area contributed by atoms with Gasteiger partial charge in [-0.05, 0) is 58.4 Å². The fraction of sp³-hybridized carbons (Fsp3) is 0.125. The highest BCUT2D eigenvalue weighted by Gasteiger charge is 2.11. The minimum atomic E-state index is -3.79. The van der Waals surface area contributed by atoms with E-state index in [1.807, 2.05) is 0 Å². The van der Waals surface area contributed by atoms with Gasteiger partial charge in [-0.3, -0.25) is 4.79 Å². The third-order valence-electron chi connectivity index (χ3n) is 3.18. The number of carbonyl (C=O) groups is 2. The summed E-state index contributed by atoms with van der Waals surface area (Å²) < 4.78 is 32.9. The first-order valence-corrected chi connectivity index (χ1v) is 9.48. The second-order valence-corrected chi connectivity index (χ2v) is 7.46. The molecule has 0 aliphatic heterocycles. The van der Waals surface area contributed by atoms with Crippen molar-refractivity contribution < 1.29 is 27.5 Å². The van der Waals surface area contributed by atoms with Crippen molar-refractivity contribution in [3.8, 4) is 5.75 Å². The number of methoxy groups -OCH3 is 1. The minimum Gasteiger partial charge on any atom is -0.483 e. The van der Waals surface area contributed by atoms with E-state index in [-0.39, 0.29) is 11.5 Å². The summed E-state index contributed by atoms with van der Waals surface area (Å²) in [5, 5.41) is 7.56. The number of amides is 1. The number of carbonyl (C=O) groups excluding carboxylic acids is 2. The van der Waals surface area contributed by atoms with Crippen LogP contribution in [0.1, 0.15) is 10.4 Å². The quantitative estimate of drug-likeness (QED) is 0.658. The van der Waals surface area contributed by atoms with E-state index in [0.717, 1.165) is 0 Å². The molecule has 0 spiro atoms. The monoisotopic (exact) mass is 442 g/mol. The van der Waals surface area contributed by atoms with Gasteiger partial charge in [0.25, 0.3) is 5.91 Å². The average Bonchev–Trinajstić information content (AvgIpc) is 2.59. The number of halogens is 1. The van der Waals surface area contributed by atoms with Crippen LogP contribution in [0.25, 0.3) is 0 Å². The van der Waals surface area contributed by atoms with Gasteiger partial charge in [0, 0.05) is 5.69 Å². The predicted molar refractivity (Wildman–Crippen MR) is 97.4 cm³/mol. The molecule has 0 aliphatic rings. The van der Waals surface area contributed by atoms with Crippen LogP contribution in [-0.4, -0.2) is 34.0 Å². The summed E-state index contributed by atoms with van der Waals surface area (Å²) in [6.45, 7) is -0.285. The molecule has 2 aromatic carbocycles. The summed E-state index contributed by atoms with van der Waals surface area (Å²) in [5.41, 5.74) is 0.734. The highest BCUT2D eigenvalue weighted by atomic mass is 79.9. The number of sulfonamides is 1. The van der Waals surface area contributed by atoms with Crippen molar-refractivity contribution in [1.29, 1.82) is 0 Å². The van der Waals surface area contributed by atoms with E-state index in [2.05, 4.69) is 26.0 Å². The fourth-order valence-electron chi connectivity index (χ4n) is 1.93. The lowest BCUT2D eigenvalue weighted by molar-refractivity contribution is -0.118. The number of nitrogens with two attached hydrogens (primary N) is 1. The van der Waals surface area contributed by atoms with Gasteiger partial charge in [-0.1, -0.05) is 0 Å². The number of anilines is 1. The van der Waals surface area contributed by atoms with Gasteiger partial charge in [0.2, 0.25) is 10.0 Å². The molecule has 8 nitrogen and oxygen atoms in total. The molecule has 0 saturated heterocycles. The van der Waals surface area contributed by atoms with Crippen LogP contribution >= 0.6 is 15.9 Å². The first-order valence-electron chi connectivity index (χ1n) is 7.14. The van der Waals surface area contributed by atoms with Crippen LogP contribution < -0.4 is 15.2 Å². The molecule has 0 unspecified atom stereocenters. The average molecular weight is 443 g/mol. The fourth-order valence-corrected chi connectivity index (χ4v) is 2.94. The van der Waals surface area contributed by atoms with E-state index in [0.29, 0.717) is 21.5 Å². The smallest absolute Gasteiger partial charge is 0.337 e. The van der Waals surface area contributed by atoms with Crippen molar-refractivity contribution in [2.45, 2.75) is 4.90 Å². The number of ether oxygens (including phenoxy) is 2. The maximum Gasteiger partial charge on any atom is 0.337 e. The Kier molecular flexibility index (Phi) is 6.35. The number of rotatable bonds is 6. The predicted octanol–water partition coefficient (Wildman–Crippen LogP) is 1.90. The molecule has 138 valence electrons. The lowest BCUT2D eigenvalue weighted by Crippen LogP contribution is -2.20. The SMILES string of the molecule is COC(=O)c1ccc(OCC(=O)Nc2ccc(S(N)(=O)=O)cc2)c(Br)c1. The van der Waals surface area contributed by atoms with E-state index < -0.39 is 21.9 Å². The maximum absolute atomic E-state index is 11.9. The topological polar surface area (TPSA) is 125 Å². The second-order valence-electron chi connectivity index (χ2n) is 5.04. The van der Waals surface area contributed by atoms with E-state index >= 15 is 0 Å². The molecule has 0 radical (unpaired) electrons. The van der Waals surface area contributed by atoms with Crippen molar-refractivity contribution in [3.63, 3.8) is 0 Å². The van der Waals surface area contributed by atoms with Crippen LogP contribution in [0.3, 0.4) is 0 Å². The summed E-state index contributed by atoms with van der Waals surface area (Å²) in [7, 11) is -2.51. The maximum atomic E-state index is 11.9. The van der Waals surface area contributed by atoms with Gasteiger partial charge in [0.15, 0.2) is 6.61 Å². The lowest BCUT2D eigenvalue weighted by Gasteiger charge is -2.10. The Hall–Kier alpha value is -2.43. The molecule has 0 atom stereocenters. The zero-order valence-corrected chi connectivity index (χ0v) is 16.0. The first-order chi connectivity index (χ1) is 12.2. The summed E-state index contributed by atoms with van der Waals surface area (Å²) in [6.07, 6.45) is 0. The van der Waals surface area contributed by atoms with Gasteiger partial charge < -0.3 is 14.8 Å². The van der Waals surface area contributed by atoms with E-state index in [4.69, 9.17) is 9.88 Å². The molecule has 0 bridgehead atoms. The Morgan fingerprint density at radius 2 is 1.81 bits per heavy atom. The Morgan fingerprint density at radius 3 is 2.35 bits per heavy atom. The molecule has 2 aromatic rings. The van der Waals surface area contributed by atoms with Gasteiger partial charge in [-0.2, -0.15) is 0 Å². The first kappa shape index (κ1) is 19.9. The summed E-state index contributed by atoms with van der Waals surface area (Å²) in [6, 6.07) is 9.96. The number of esters is 1.